The van der Waals surface area contributed by atoms with Crippen molar-refractivity contribution >= 4 is 23.5 Å². The molecule has 0 aliphatic rings. The summed E-state index contributed by atoms with van der Waals surface area (Å²) < 4.78 is 6.82. The van der Waals surface area contributed by atoms with Crippen LogP contribution in [-0.4, -0.2) is 33.9 Å². The maximum Gasteiger partial charge on any atom is 0.330 e. The second-order valence-corrected chi connectivity index (χ2v) is 6.56. The molecule has 2 N–H and O–H groups in total. The number of carbonyl (C=O) groups excluding carboxylic acids is 1. The van der Waals surface area contributed by atoms with Gasteiger partial charge in [-0.3, -0.25) is 9.48 Å². The first-order chi connectivity index (χ1) is 12.2. The highest BCUT2D eigenvalue weighted by Gasteiger charge is 2.24. The van der Waals surface area contributed by atoms with Crippen LogP contribution in [0.25, 0.3) is 0 Å². The van der Waals surface area contributed by atoms with E-state index in [1.165, 1.54) is 13.2 Å². The molecule has 0 fully saturated rings. The van der Waals surface area contributed by atoms with Crippen molar-refractivity contribution in [1.82, 2.24) is 15.1 Å². The Morgan fingerprint density at radius 3 is 2.54 bits per heavy atom. The number of carboxylic acid groups (broad SMARTS) is 1. The first kappa shape index (κ1) is 19.8. The summed E-state index contributed by atoms with van der Waals surface area (Å²) in [5, 5.41) is 16.7. The molecule has 2 rings (SSSR count). The molecule has 0 aliphatic heterocycles. The van der Waals surface area contributed by atoms with E-state index in [4.69, 9.17) is 16.3 Å². The van der Waals surface area contributed by atoms with Gasteiger partial charge in [0.2, 0.25) is 5.91 Å². The predicted octanol–water partition coefficient (Wildman–Crippen LogP) is 3.06. The number of amides is 1. The molecule has 0 saturated carbocycles. The zero-order valence-corrected chi connectivity index (χ0v) is 15.9. The van der Waals surface area contributed by atoms with Crippen LogP contribution in [0.4, 0.5) is 0 Å². The number of benzene rings is 1. The molecule has 0 aliphatic carbocycles. The molecule has 26 heavy (non-hydrogen) atoms. The molecule has 0 spiro atoms. The van der Waals surface area contributed by atoms with Crippen molar-refractivity contribution in [3.8, 4) is 5.75 Å². The van der Waals surface area contributed by atoms with Crippen LogP contribution in [0.1, 0.15) is 42.4 Å². The second kappa shape index (κ2) is 8.23. The van der Waals surface area contributed by atoms with E-state index in [-0.39, 0.29) is 23.4 Å². The standard InChI is InChI=1S/C18H22ClN3O4/c1-10-7-11(2)22(21-10)12(3)8-16(23)20-17(18(24)25)13-5-6-15(26-4)14(19)9-13/h5-7,9,12,17H,8H2,1-4H3,(H,20,23)(H,24,25). The topological polar surface area (TPSA) is 93.5 Å². The van der Waals surface area contributed by atoms with E-state index in [9.17, 15) is 14.7 Å². The Bertz CT molecular complexity index is 819. The molecule has 8 heteroatoms. The molecule has 0 saturated heterocycles. The number of nitrogens with one attached hydrogen (secondary N) is 1. The third kappa shape index (κ3) is 4.54. The van der Waals surface area contributed by atoms with E-state index in [1.807, 2.05) is 26.8 Å². The molecule has 0 radical (unpaired) electrons. The van der Waals surface area contributed by atoms with Crippen LogP contribution in [0.3, 0.4) is 0 Å². The highest BCUT2D eigenvalue weighted by Crippen LogP contribution is 2.28. The van der Waals surface area contributed by atoms with Crippen molar-refractivity contribution in [2.24, 2.45) is 0 Å². The van der Waals surface area contributed by atoms with Crippen LogP contribution in [-0.2, 0) is 9.59 Å². The summed E-state index contributed by atoms with van der Waals surface area (Å²) in [5.41, 5.74) is 2.18. The molecule has 1 aromatic carbocycles. The largest absolute Gasteiger partial charge is 0.495 e. The zero-order chi connectivity index (χ0) is 19.4. The van der Waals surface area contributed by atoms with E-state index in [0.29, 0.717) is 11.3 Å². The van der Waals surface area contributed by atoms with Gasteiger partial charge in [0.25, 0.3) is 0 Å². The van der Waals surface area contributed by atoms with Gasteiger partial charge in [0.1, 0.15) is 5.75 Å². The van der Waals surface area contributed by atoms with E-state index in [0.717, 1.165) is 11.4 Å². The first-order valence-electron chi connectivity index (χ1n) is 8.11. The number of carboxylic acids is 1. The van der Waals surface area contributed by atoms with Gasteiger partial charge in [-0.05, 0) is 44.5 Å². The fourth-order valence-electron chi connectivity index (χ4n) is 2.82. The summed E-state index contributed by atoms with van der Waals surface area (Å²) in [7, 11) is 1.47. The van der Waals surface area contributed by atoms with Crippen molar-refractivity contribution in [1.29, 1.82) is 0 Å². The Kier molecular flexibility index (Phi) is 6.26. The lowest BCUT2D eigenvalue weighted by atomic mass is 10.1. The smallest absolute Gasteiger partial charge is 0.330 e. The lowest BCUT2D eigenvalue weighted by Crippen LogP contribution is -2.35. The maximum atomic E-state index is 12.4. The van der Waals surface area contributed by atoms with E-state index in [2.05, 4.69) is 10.4 Å². The molecule has 1 aromatic heterocycles. The summed E-state index contributed by atoms with van der Waals surface area (Å²) in [4.78, 5) is 24.0. The Hall–Kier alpha value is -2.54. The van der Waals surface area contributed by atoms with Crippen molar-refractivity contribution in [3.63, 3.8) is 0 Å². The number of ether oxygens (including phenoxy) is 1. The van der Waals surface area contributed by atoms with Gasteiger partial charge >= 0.3 is 5.97 Å². The summed E-state index contributed by atoms with van der Waals surface area (Å²) in [6.45, 7) is 5.65. The van der Waals surface area contributed by atoms with E-state index >= 15 is 0 Å². The number of nitrogens with zero attached hydrogens (tertiary/aromatic N) is 2. The van der Waals surface area contributed by atoms with Gasteiger partial charge in [-0.2, -0.15) is 5.10 Å². The minimum absolute atomic E-state index is 0.107. The molecule has 1 amide bonds. The van der Waals surface area contributed by atoms with Gasteiger partial charge in [0.15, 0.2) is 6.04 Å². The molecular formula is C18H22ClN3O4. The molecule has 2 unspecified atom stereocenters. The molecule has 2 atom stereocenters. The van der Waals surface area contributed by atoms with Crippen molar-refractivity contribution in [3.05, 3.63) is 46.2 Å². The molecule has 2 aromatic rings. The first-order valence-corrected chi connectivity index (χ1v) is 8.49. The highest BCUT2D eigenvalue weighted by atomic mass is 35.5. The minimum atomic E-state index is -1.20. The SMILES string of the molecule is COc1ccc(C(NC(=O)CC(C)n2nc(C)cc2C)C(=O)O)cc1Cl. The second-order valence-electron chi connectivity index (χ2n) is 6.16. The highest BCUT2D eigenvalue weighted by molar-refractivity contribution is 6.32. The number of rotatable bonds is 7. The van der Waals surface area contributed by atoms with Crippen LogP contribution in [0, 0.1) is 13.8 Å². The van der Waals surface area contributed by atoms with Crippen LogP contribution in [0.15, 0.2) is 24.3 Å². The number of halogens is 1. The van der Waals surface area contributed by atoms with Crippen LogP contribution >= 0.6 is 11.6 Å². The number of hydrogen-bond acceptors (Lipinski definition) is 4. The average Bonchev–Trinajstić information content (AvgIpc) is 2.90. The number of aliphatic carboxylic acids is 1. The molecular weight excluding hydrogens is 358 g/mol. The Morgan fingerprint density at radius 2 is 2.04 bits per heavy atom. The van der Waals surface area contributed by atoms with Crippen molar-refractivity contribution in [2.75, 3.05) is 7.11 Å². The lowest BCUT2D eigenvalue weighted by molar-refractivity contribution is -0.142. The minimum Gasteiger partial charge on any atom is -0.495 e. The molecule has 1 heterocycles. The normalized spacial score (nSPS) is 13.1. The zero-order valence-electron chi connectivity index (χ0n) is 15.1. The quantitative estimate of drug-likeness (QED) is 0.771. The van der Waals surface area contributed by atoms with Gasteiger partial charge < -0.3 is 15.2 Å². The van der Waals surface area contributed by atoms with Crippen molar-refractivity contribution < 1.29 is 19.4 Å². The predicted molar refractivity (Wildman–Crippen MR) is 97.6 cm³/mol. The summed E-state index contributed by atoms with van der Waals surface area (Å²) in [5.74, 6) is -1.12. The Morgan fingerprint density at radius 1 is 1.35 bits per heavy atom. The number of aromatic nitrogens is 2. The number of aryl methyl sites for hydroxylation is 2. The summed E-state index contributed by atoms with van der Waals surface area (Å²) >= 11 is 6.06. The lowest BCUT2D eigenvalue weighted by Gasteiger charge is -2.18. The number of hydrogen-bond donors (Lipinski definition) is 2. The number of methoxy groups -OCH3 is 1. The Balaban J connectivity index is 2.12. The van der Waals surface area contributed by atoms with E-state index in [1.54, 1.807) is 16.8 Å². The van der Waals surface area contributed by atoms with Gasteiger partial charge in [0, 0.05) is 12.1 Å². The number of carbonyl (C=O) groups is 2. The fourth-order valence-corrected chi connectivity index (χ4v) is 3.08. The monoisotopic (exact) mass is 379 g/mol. The van der Waals surface area contributed by atoms with Crippen LogP contribution in [0.2, 0.25) is 5.02 Å². The van der Waals surface area contributed by atoms with Gasteiger partial charge in [0.05, 0.1) is 23.9 Å². The fraction of sp³-hybridized carbons (Fsp3) is 0.389. The average molecular weight is 380 g/mol. The molecule has 0 bridgehead atoms. The van der Waals surface area contributed by atoms with E-state index < -0.39 is 12.0 Å². The summed E-state index contributed by atoms with van der Waals surface area (Å²) in [6.07, 6.45) is 0.107. The molecule has 140 valence electrons. The third-order valence-corrected chi connectivity index (χ3v) is 4.30. The summed E-state index contributed by atoms with van der Waals surface area (Å²) in [6, 6.07) is 5.14. The van der Waals surface area contributed by atoms with Crippen LogP contribution in [0.5, 0.6) is 5.75 Å². The van der Waals surface area contributed by atoms with Crippen molar-refractivity contribution in [2.45, 2.75) is 39.3 Å². The van der Waals surface area contributed by atoms with Gasteiger partial charge in [-0.15, -0.1) is 0 Å². The maximum absolute atomic E-state index is 12.4. The van der Waals surface area contributed by atoms with Gasteiger partial charge in [-0.1, -0.05) is 17.7 Å². The van der Waals surface area contributed by atoms with Gasteiger partial charge in [-0.25, -0.2) is 4.79 Å². The Labute approximate surface area is 156 Å². The molecule has 7 nitrogen and oxygen atoms in total. The third-order valence-electron chi connectivity index (χ3n) is 4.00. The van der Waals surface area contributed by atoms with Crippen LogP contribution < -0.4 is 10.1 Å².